The fraction of sp³-hybridized carbons (Fsp3) is 0.300. The molecule has 4 nitrogen and oxygen atoms in total. The summed E-state index contributed by atoms with van der Waals surface area (Å²) in [6.07, 6.45) is 0.0226. The predicted octanol–water partition coefficient (Wildman–Crippen LogP) is 3.94. The SMILES string of the molecule is COc1ccc(C(C)=O)cc1CC(=O)N(C)C(C)c1ccc(F)c(F)c1. The number of methoxy groups -OCH3 is 1. The summed E-state index contributed by atoms with van der Waals surface area (Å²) >= 11 is 0. The fourth-order valence-corrected chi connectivity index (χ4v) is 2.64. The number of hydrogen-bond acceptors (Lipinski definition) is 3. The van der Waals surface area contributed by atoms with Crippen LogP contribution in [0.5, 0.6) is 5.75 Å². The van der Waals surface area contributed by atoms with E-state index in [4.69, 9.17) is 4.74 Å². The zero-order valence-electron chi connectivity index (χ0n) is 15.2. The highest BCUT2D eigenvalue weighted by Gasteiger charge is 2.20. The second kappa shape index (κ2) is 8.08. The Hall–Kier alpha value is -2.76. The number of halogens is 2. The van der Waals surface area contributed by atoms with E-state index in [1.807, 2.05) is 0 Å². The first kappa shape index (κ1) is 19.6. The summed E-state index contributed by atoms with van der Waals surface area (Å²) in [5.41, 5.74) is 1.57. The first-order chi connectivity index (χ1) is 12.2. The number of ketones is 1. The van der Waals surface area contributed by atoms with E-state index in [0.29, 0.717) is 22.4 Å². The molecule has 2 rings (SSSR count). The van der Waals surface area contributed by atoms with Crippen LogP contribution in [0.2, 0.25) is 0 Å². The topological polar surface area (TPSA) is 46.6 Å². The molecule has 0 fully saturated rings. The molecule has 1 atom stereocenters. The highest BCUT2D eigenvalue weighted by atomic mass is 19.2. The largest absolute Gasteiger partial charge is 0.496 e. The summed E-state index contributed by atoms with van der Waals surface area (Å²) in [6, 6.07) is 8.05. The second-order valence-corrected chi connectivity index (χ2v) is 6.11. The third-order valence-electron chi connectivity index (χ3n) is 4.43. The van der Waals surface area contributed by atoms with Crippen LogP contribution >= 0.6 is 0 Å². The van der Waals surface area contributed by atoms with E-state index in [1.165, 1.54) is 25.0 Å². The third-order valence-corrected chi connectivity index (χ3v) is 4.43. The smallest absolute Gasteiger partial charge is 0.227 e. The highest BCUT2D eigenvalue weighted by Crippen LogP contribution is 2.25. The number of nitrogens with zero attached hydrogens (tertiary/aromatic N) is 1. The van der Waals surface area contributed by atoms with Gasteiger partial charge in [-0.1, -0.05) is 6.07 Å². The molecule has 0 bridgehead atoms. The maximum absolute atomic E-state index is 13.4. The van der Waals surface area contributed by atoms with Gasteiger partial charge in [0.1, 0.15) is 5.75 Å². The number of amides is 1. The van der Waals surface area contributed by atoms with Gasteiger partial charge >= 0.3 is 0 Å². The summed E-state index contributed by atoms with van der Waals surface area (Å²) in [5.74, 6) is -1.71. The summed E-state index contributed by atoms with van der Waals surface area (Å²) in [7, 11) is 3.08. The van der Waals surface area contributed by atoms with Gasteiger partial charge in [0, 0.05) is 18.2 Å². The minimum atomic E-state index is -0.953. The normalized spacial score (nSPS) is 11.8. The van der Waals surface area contributed by atoms with Gasteiger partial charge in [0.05, 0.1) is 19.6 Å². The lowest BCUT2D eigenvalue weighted by atomic mass is 10.0. The first-order valence-electron chi connectivity index (χ1n) is 8.13. The van der Waals surface area contributed by atoms with Crippen LogP contribution in [-0.4, -0.2) is 30.7 Å². The number of benzene rings is 2. The average molecular weight is 361 g/mol. The molecule has 1 unspecified atom stereocenters. The maximum Gasteiger partial charge on any atom is 0.227 e. The van der Waals surface area contributed by atoms with Crippen molar-refractivity contribution in [1.29, 1.82) is 0 Å². The number of carbonyl (C=O) groups is 2. The van der Waals surface area contributed by atoms with Crippen molar-refractivity contribution in [2.24, 2.45) is 0 Å². The standard InChI is InChI=1S/C20H21F2NO3/c1-12(14-5-7-17(21)18(22)10-14)23(3)20(25)11-16-9-15(13(2)24)6-8-19(16)26-4/h5-10,12H,11H2,1-4H3. The van der Waals surface area contributed by atoms with Crippen molar-refractivity contribution >= 4 is 11.7 Å². The Balaban J connectivity index is 2.21. The van der Waals surface area contributed by atoms with Gasteiger partial charge in [-0.25, -0.2) is 8.78 Å². The summed E-state index contributed by atoms with van der Waals surface area (Å²) in [6.45, 7) is 3.18. The molecule has 0 aliphatic heterocycles. The van der Waals surface area contributed by atoms with Crippen LogP contribution < -0.4 is 4.74 Å². The Morgan fingerprint density at radius 2 is 1.81 bits per heavy atom. The first-order valence-corrected chi connectivity index (χ1v) is 8.13. The van der Waals surface area contributed by atoms with E-state index in [2.05, 4.69) is 0 Å². The number of carbonyl (C=O) groups excluding carboxylic acids is 2. The number of Topliss-reactive ketones (excluding diaryl/α,β-unsaturated/α-hetero) is 1. The molecular weight excluding hydrogens is 340 g/mol. The van der Waals surface area contributed by atoms with Crippen molar-refractivity contribution in [3.8, 4) is 5.75 Å². The quantitative estimate of drug-likeness (QED) is 0.732. The van der Waals surface area contributed by atoms with Gasteiger partial charge in [0.15, 0.2) is 17.4 Å². The molecule has 0 spiro atoms. The Morgan fingerprint density at radius 1 is 1.12 bits per heavy atom. The Labute approximate surface area is 151 Å². The van der Waals surface area contributed by atoms with Gasteiger partial charge in [-0.05, 0) is 49.7 Å². The zero-order valence-corrected chi connectivity index (χ0v) is 15.2. The van der Waals surface area contributed by atoms with Crippen molar-refractivity contribution in [2.45, 2.75) is 26.3 Å². The van der Waals surface area contributed by atoms with Crippen LogP contribution in [0.4, 0.5) is 8.78 Å². The van der Waals surface area contributed by atoms with Gasteiger partial charge in [-0.2, -0.15) is 0 Å². The van der Waals surface area contributed by atoms with E-state index in [1.54, 1.807) is 32.2 Å². The molecule has 0 saturated heterocycles. The van der Waals surface area contributed by atoms with Crippen molar-refractivity contribution in [2.75, 3.05) is 14.2 Å². The van der Waals surface area contributed by atoms with Crippen molar-refractivity contribution in [1.82, 2.24) is 4.90 Å². The lowest BCUT2D eigenvalue weighted by Crippen LogP contribution is -2.31. The van der Waals surface area contributed by atoms with Gasteiger partial charge in [0.25, 0.3) is 0 Å². The van der Waals surface area contributed by atoms with Crippen LogP contribution in [-0.2, 0) is 11.2 Å². The molecule has 0 aromatic heterocycles. The number of ether oxygens (including phenoxy) is 1. The minimum absolute atomic E-state index is 0.0226. The lowest BCUT2D eigenvalue weighted by molar-refractivity contribution is -0.131. The van der Waals surface area contributed by atoms with Gasteiger partial charge in [0.2, 0.25) is 5.91 Å². The Morgan fingerprint density at radius 3 is 2.38 bits per heavy atom. The zero-order chi connectivity index (χ0) is 19.4. The molecular formula is C20H21F2NO3. The maximum atomic E-state index is 13.4. The molecule has 0 radical (unpaired) electrons. The highest BCUT2D eigenvalue weighted by molar-refractivity contribution is 5.94. The van der Waals surface area contributed by atoms with E-state index >= 15 is 0 Å². The molecule has 0 aliphatic rings. The predicted molar refractivity (Wildman–Crippen MR) is 94.2 cm³/mol. The van der Waals surface area contributed by atoms with E-state index < -0.39 is 17.7 Å². The summed E-state index contributed by atoms with van der Waals surface area (Å²) < 4.78 is 31.8. The van der Waals surface area contributed by atoms with E-state index in [-0.39, 0.29) is 18.1 Å². The van der Waals surface area contributed by atoms with Gasteiger partial charge < -0.3 is 9.64 Å². The van der Waals surface area contributed by atoms with Crippen molar-refractivity contribution < 1.29 is 23.1 Å². The molecule has 6 heteroatoms. The minimum Gasteiger partial charge on any atom is -0.496 e. The van der Waals surface area contributed by atoms with Crippen LogP contribution in [0.3, 0.4) is 0 Å². The number of likely N-dealkylation sites (N-methyl/N-ethyl adjacent to an activating group) is 1. The molecule has 2 aromatic rings. The molecule has 0 N–H and O–H groups in total. The number of hydrogen-bond donors (Lipinski definition) is 0. The molecule has 0 heterocycles. The summed E-state index contributed by atoms with van der Waals surface area (Å²) in [4.78, 5) is 25.7. The third kappa shape index (κ3) is 4.25. The molecule has 2 aromatic carbocycles. The number of rotatable bonds is 6. The van der Waals surface area contributed by atoms with Crippen LogP contribution in [0, 0.1) is 11.6 Å². The van der Waals surface area contributed by atoms with Crippen LogP contribution in [0.25, 0.3) is 0 Å². The molecule has 138 valence electrons. The average Bonchev–Trinajstić information content (AvgIpc) is 2.62. The Kier molecular flexibility index (Phi) is 6.08. The monoisotopic (exact) mass is 361 g/mol. The molecule has 1 amide bonds. The Bertz CT molecular complexity index is 836. The van der Waals surface area contributed by atoms with Crippen LogP contribution in [0.15, 0.2) is 36.4 Å². The fourth-order valence-electron chi connectivity index (χ4n) is 2.64. The van der Waals surface area contributed by atoms with Crippen LogP contribution in [0.1, 0.15) is 41.4 Å². The van der Waals surface area contributed by atoms with Crippen molar-refractivity contribution in [3.63, 3.8) is 0 Å². The van der Waals surface area contributed by atoms with Gasteiger partial charge in [-0.3, -0.25) is 9.59 Å². The van der Waals surface area contributed by atoms with E-state index in [0.717, 1.165) is 12.1 Å². The second-order valence-electron chi connectivity index (χ2n) is 6.11. The molecule has 26 heavy (non-hydrogen) atoms. The van der Waals surface area contributed by atoms with Gasteiger partial charge in [-0.15, -0.1) is 0 Å². The molecule has 0 aliphatic carbocycles. The molecule has 0 saturated carbocycles. The van der Waals surface area contributed by atoms with Crippen molar-refractivity contribution in [3.05, 3.63) is 64.7 Å². The lowest BCUT2D eigenvalue weighted by Gasteiger charge is -2.26. The summed E-state index contributed by atoms with van der Waals surface area (Å²) in [5, 5.41) is 0. The van der Waals surface area contributed by atoms with E-state index in [9.17, 15) is 18.4 Å².